The number of nitrogens with zero attached hydrogens (tertiary/aromatic N) is 2. The van der Waals surface area contributed by atoms with Crippen LogP contribution in [-0.4, -0.2) is 60.2 Å². The van der Waals surface area contributed by atoms with Crippen LogP contribution in [0.5, 0.6) is 0 Å². The van der Waals surface area contributed by atoms with Crippen molar-refractivity contribution < 1.29 is 14.4 Å². The Kier molecular flexibility index (Phi) is 7.79. The highest BCUT2D eigenvalue weighted by Gasteiger charge is 2.21. The van der Waals surface area contributed by atoms with Crippen LogP contribution in [0.15, 0.2) is 0 Å². The van der Waals surface area contributed by atoms with Crippen LogP contribution in [0.25, 0.3) is 0 Å². The molecule has 0 radical (unpaired) electrons. The van der Waals surface area contributed by atoms with E-state index in [2.05, 4.69) is 5.32 Å². The number of rotatable bonds is 8. The zero-order valence-electron chi connectivity index (χ0n) is 13.2. The van der Waals surface area contributed by atoms with Gasteiger partial charge in [-0.2, -0.15) is 0 Å². The summed E-state index contributed by atoms with van der Waals surface area (Å²) in [6.45, 7) is 7.10. The van der Waals surface area contributed by atoms with Crippen LogP contribution in [-0.2, 0) is 14.4 Å². The summed E-state index contributed by atoms with van der Waals surface area (Å²) in [5, 5.41) is 2.65. The molecule has 1 aliphatic heterocycles. The van der Waals surface area contributed by atoms with Gasteiger partial charge >= 0.3 is 11.8 Å². The minimum atomic E-state index is -0.537. The average molecular weight is 297 g/mol. The van der Waals surface area contributed by atoms with Crippen LogP contribution >= 0.6 is 0 Å². The normalized spacial score (nSPS) is 14.4. The molecule has 21 heavy (non-hydrogen) atoms. The fraction of sp³-hybridized carbons (Fsp3) is 0.800. The molecule has 0 saturated carbocycles. The Morgan fingerprint density at radius 1 is 1.24 bits per heavy atom. The smallest absolute Gasteiger partial charge is 0.311 e. The van der Waals surface area contributed by atoms with Gasteiger partial charge in [0.2, 0.25) is 5.91 Å². The lowest BCUT2D eigenvalue weighted by Gasteiger charge is -2.21. The van der Waals surface area contributed by atoms with Crippen LogP contribution in [0.1, 0.15) is 46.0 Å². The van der Waals surface area contributed by atoms with Gasteiger partial charge in [-0.1, -0.05) is 13.8 Å². The molecule has 6 nitrogen and oxygen atoms in total. The van der Waals surface area contributed by atoms with Crippen LogP contribution in [0.4, 0.5) is 0 Å². The fourth-order valence-electron chi connectivity index (χ4n) is 2.49. The number of amides is 3. The molecule has 1 saturated heterocycles. The minimum Gasteiger partial charge on any atom is -0.348 e. The lowest BCUT2D eigenvalue weighted by Crippen LogP contribution is -2.44. The van der Waals surface area contributed by atoms with Crippen molar-refractivity contribution in [2.75, 3.05) is 32.7 Å². The van der Waals surface area contributed by atoms with Crippen molar-refractivity contribution in [3.8, 4) is 0 Å². The number of carbonyl (C=O) groups is 3. The van der Waals surface area contributed by atoms with Gasteiger partial charge < -0.3 is 15.1 Å². The van der Waals surface area contributed by atoms with Gasteiger partial charge in [0.1, 0.15) is 0 Å². The van der Waals surface area contributed by atoms with Crippen LogP contribution in [0.3, 0.4) is 0 Å². The molecule has 0 atom stereocenters. The van der Waals surface area contributed by atoms with Gasteiger partial charge in [0.25, 0.3) is 0 Å². The Labute approximate surface area is 126 Å². The Morgan fingerprint density at radius 2 is 1.90 bits per heavy atom. The van der Waals surface area contributed by atoms with E-state index in [1.807, 2.05) is 18.7 Å². The third-order valence-electron chi connectivity index (χ3n) is 3.53. The maximum Gasteiger partial charge on any atom is 0.311 e. The number of hydrogen-bond acceptors (Lipinski definition) is 3. The lowest BCUT2D eigenvalue weighted by molar-refractivity contribution is -0.145. The second-order valence-corrected chi connectivity index (χ2v) is 5.39. The summed E-state index contributed by atoms with van der Waals surface area (Å²) in [7, 11) is 0. The van der Waals surface area contributed by atoms with E-state index in [9.17, 15) is 14.4 Å². The Hall–Kier alpha value is -1.59. The van der Waals surface area contributed by atoms with E-state index in [0.717, 1.165) is 25.8 Å². The molecule has 0 spiro atoms. The molecule has 120 valence electrons. The molecular formula is C15H27N3O3. The highest BCUT2D eigenvalue weighted by atomic mass is 16.2. The molecule has 1 aliphatic rings. The van der Waals surface area contributed by atoms with Crippen molar-refractivity contribution >= 4 is 17.7 Å². The number of carbonyl (C=O) groups excluding carboxylic acids is 3. The lowest BCUT2D eigenvalue weighted by atomic mass is 10.3. The summed E-state index contributed by atoms with van der Waals surface area (Å²) in [5.74, 6) is -0.796. The highest BCUT2D eigenvalue weighted by Crippen LogP contribution is 2.09. The van der Waals surface area contributed by atoms with Crippen molar-refractivity contribution in [1.82, 2.24) is 15.1 Å². The monoisotopic (exact) mass is 297 g/mol. The van der Waals surface area contributed by atoms with E-state index in [1.54, 1.807) is 4.90 Å². The molecule has 1 rings (SSSR count). The number of likely N-dealkylation sites (tertiary alicyclic amines) is 1. The molecule has 0 aromatic carbocycles. The van der Waals surface area contributed by atoms with Crippen LogP contribution in [0, 0.1) is 0 Å². The maximum atomic E-state index is 12.0. The fourth-order valence-corrected chi connectivity index (χ4v) is 2.49. The summed E-state index contributed by atoms with van der Waals surface area (Å²) in [4.78, 5) is 38.6. The summed E-state index contributed by atoms with van der Waals surface area (Å²) >= 11 is 0. The van der Waals surface area contributed by atoms with Gasteiger partial charge in [-0.25, -0.2) is 0 Å². The van der Waals surface area contributed by atoms with E-state index in [-0.39, 0.29) is 5.91 Å². The van der Waals surface area contributed by atoms with Crippen molar-refractivity contribution in [1.29, 1.82) is 0 Å². The standard InChI is InChI=1S/C15H27N3O3/c1-3-9-18(10-4-2)15(21)14(20)16-8-6-12-17-11-5-7-13(17)19/h3-12H2,1-2H3,(H,16,20). The number of nitrogens with one attached hydrogen (secondary N) is 1. The van der Waals surface area contributed by atoms with E-state index in [0.29, 0.717) is 39.0 Å². The largest absolute Gasteiger partial charge is 0.348 e. The van der Waals surface area contributed by atoms with E-state index in [1.165, 1.54) is 0 Å². The van der Waals surface area contributed by atoms with E-state index >= 15 is 0 Å². The van der Waals surface area contributed by atoms with Gasteiger partial charge in [0, 0.05) is 39.1 Å². The van der Waals surface area contributed by atoms with Crippen LogP contribution < -0.4 is 5.32 Å². The Balaban J connectivity index is 2.25. The summed E-state index contributed by atoms with van der Waals surface area (Å²) in [6.07, 6.45) is 3.93. The zero-order valence-corrected chi connectivity index (χ0v) is 13.2. The van der Waals surface area contributed by atoms with Crippen molar-refractivity contribution in [2.24, 2.45) is 0 Å². The molecule has 0 unspecified atom stereocenters. The Bertz CT molecular complexity index is 365. The van der Waals surface area contributed by atoms with Crippen LogP contribution in [0.2, 0.25) is 0 Å². The summed E-state index contributed by atoms with van der Waals surface area (Å²) in [5.41, 5.74) is 0. The third kappa shape index (κ3) is 5.73. The molecule has 0 aromatic heterocycles. The van der Waals surface area contributed by atoms with Gasteiger partial charge in [-0.15, -0.1) is 0 Å². The molecular weight excluding hydrogens is 270 g/mol. The SMILES string of the molecule is CCCN(CCC)C(=O)C(=O)NCCCN1CCCC1=O. The molecule has 6 heteroatoms. The zero-order chi connectivity index (χ0) is 15.7. The van der Waals surface area contributed by atoms with Gasteiger partial charge in [0.05, 0.1) is 0 Å². The second-order valence-electron chi connectivity index (χ2n) is 5.39. The molecule has 1 N–H and O–H groups in total. The second kappa shape index (κ2) is 9.37. The predicted molar refractivity (Wildman–Crippen MR) is 80.6 cm³/mol. The number of hydrogen-bond donors (Lipinski definition) is 1. The van der Waals surface area contributed by atoms with E-state index < -0.39 is 11.8 Å². The maximum absolute atomic E-state index is 12.0. The van der Waals surface area contributed by atoms with Crippen molar-refractivity contribution in [3.63, 3.8) is 0 Å². The summed E-state index contributed by atoms with van der Waals surface area (Å²) < 4.78 is 0. The first-order chi connectivity index (χ1) is 10.1. The highest BCUT2D eigenvalue weighted by molar-refractivity contribution is 6.34. The van der Waals surface area contributed by atoms with Gasteiger partial charge in [0.15, 0.2) is 0 Å². The quantitative estimate of drug-likeness (QED) is 0.531. The van der Waals surface area contributed by atoms with Crippen molar-refractivity contribution in [3.05, 3.63) is 0 Å². The molecule has 1 heterocycles. The summed E-state index contributed by atoms with van der Waals surface area (Å²) in [6, 6.07) is 0. The predicted octanol–water partition coefficient (Wildman–Crippen LogP) is 0.764. The van der Waals surface area contributed by atoms with E-state index in [4.69, 9.17) is 0 Å². The van der Waals surface area contributed by atoms with Gasteiger partial charge in [-0.3, -0.25) is 14.4 Å². The minimum absolute atomic E-state index is 0.189. The molecule has 0 bridgehead atoms. The van der Waals surface area contributed by atoms with Gasteiger partial charge in [-0.05, 0) is 25.7 Å². The molecule has 1 fully saturated rings. The molecule has 3 amide bonds. The molecule has 0 aliphatic carbocycles. The molecule has 0 aromatic rings. The first-order valence-electron chi connectivity index (χ1n) is 7.95. The third-order valence-corrected chi connectivity index (χ3v) is 3.53. The Morgan fingerprint density at radius 3 is 2.43 bits per heavy atom. The first-order valence-corrected chi connectivity index (χ1v) is 7.95. The van der Waals surface area contributed by atoms with Crippen molar-refractivity contribution in [2.45, 2.75) is 46.0 Å². The average Bonchev–Trinajstić information content (AvgIpc) is 2.87. The first kappa shape index (κ1) is 17.5. The topological polar surface area (TPSA) is 69.7 Å².